The number of nitrogens with one attached hydrogen (secondary N) is 1. The van der Waals surface area contributed by atoms with Crippen molar-refractivity contribution in [3.63, 3.8) is 0 Å². The van der Waals surface area contributed by atoms with E-state index in [4.69, 9.17) is 4.74 Å². The summed E-state index contributed by atoms with van der Waals surface area (Å²) in [5, 5.41) is 2.83. The van der Waals surface area contributed by atoms with Gasteiger partial charge in [-0.25, -0.2) is 0 Å². The standard InChI is InChI=1S/C26H29F3N2O2.HI/c1-31(2,23-6-4-3-5-7-23)16-18-8-11-22(12-9-18)30-25(32)20-14-19-15-21(26(27,28)29)10-13-24(19)33-17-20;/h8-15,23H,3-7,16-17H2,1-2H3;1H. The van der Waals surface area contributed by atoms with E-state index in [9.17, 15) is 18.0 Å². The van der Waals surface area contributed by atoms with Crippen molar-refractivity contribution < 1.29 is 51.2 Å². The van der Waals surface area contributed by atoms with Crippen LogP contribution in [0.25, 0.3) is 6.08 Å². The molecule has 184 valence electrons. The second-order valence-corrected chi connectivity index (χ2v) is 9.59. The number of carbonyl (C=O) groups excluding carboxylic acids is 1. The molecule has 0 atom stereocenters. The van der Waals surface area contributed by atoms with E-state index < -0.39 is 11.7 Å². The predicted octanol–water partition coefficient (Wildman–Crippen LogP) is 3.03. The van der Waals surface area contributed by atoms with E-state index in [1.54, 1.807) is 0 Å². The quantitative estimate of drug-likeness (QED) is 0.433. The molecule has 1 saturated carbocycles. The van der Waals surface area contributed by atoms with Crippen LogP contribution in [0, 0.1) is 0 Å². The molecule has 1 N–H and O–H groups in total. The van der Waals surface area contributed by atoms with Crippen molar-refractivity contribution in [3.8, 4) is 5.75 Å². The molecule has 1 aliphatic heterocycles. The molecule has 1 amide bonds. The van der Waals surface area contributed by atoms with E-state index in [0.717, 1.165) is 23.2 Å². The first kappa shape index (κ1) is 26.5. The normalized spacial score (nSPS) is 16.6. The van der Waals surface area contributed by atoms with Gasteiger partial charge < -0.3 is 38.5 Å². The molecule has 2 aliphatic rings. The van der Waals surface area contributed by atoms with Crippen LogP contribution in [0.4, 0.5) is 18.9 Å². The molecule has 2 aromatic rings. The van der Waals surface area contributed by atoms with Crippen LogP contribution in [-0.4, -0.2) is 37.1 Å². The molecule has 0 bridgehead atoms. The molecular formula is C26H30F3IN2O2. The largest absolute Gasteiger partial charge is 1.00 e. The van der Waals surface area contributed by atoms with Crippen molar-refractivity contribution in [2.45, 2.75) is 50.9 Å². The Balaban J connectivity index is 0.00000324. The van der Waals surface area contributed by atoms with Crippen molar-refractivity contribution in [2.24, 2.45) is 0 Å². The van der Waals surface area contributed by atoms with Crippen molar-refractivity contribution in [2.75, 3.05) is 26.0 Å². The van der Waals surface area contributed by atoms with Crippen LogP contribution in [0.1, 0.15) is 48.8 Å². The summed E-state index contributed by atoms with van der Waals surface area (Å²) in [6.07, 6.45) is 3.49. The summed E-state index contributed by atoms with van der Waals surface area (Å²) < 4.78 is 45.5. The maximum absolute atomic E-state index is 13.0. The highest BCUT2D eigenvalue weighted by Crippen LogP contribution is 2.35. The fourth-order valence-electron chi connectivity index (χ4n) is 4.77. The molecule has 1 aliphatic carbocycles. The number of halogens is 4. The minimum Gasteiger partial charge on any atom is -1.00 e. The van der Waals surface area contributed by atoms with Gasteiger partial charge in [0.05, 0.1) is 31.3 Å². The lowest BCUT2D eigenvalue weighted by Crippen LogP contribution is -3.00. The van der Waals surface area contributed by atoms with Gasteiger partial charge in [0, 0.05) is 16.8 Å². The molecule has 4 nitrogen and oxygen atoms in total. The number of anilines is 1. The lowest BCUT2D eigenvalue weighted by atomic mass is 9.92. The Bertz CT molecular complexity index is 1040. The Morgan fingerprint density at radius 2 is 1.74 bits per heavy atom. The predicted molar refractivity (Wildman–Crippen MR) is 123 cm³/mol. The number of amides is 1. The molecule has 0 radical (unpaired) electrons. The number of quaternary nitrogens is 1. The third-order valence-electron chi connectivity index (χ3n) is 6.71. The number of hydrogen-bond acceptors (Lipinski definition) is 2. The molecular weight excluding hydrogens is 556 g/mol. The summed E-state index contributed by atoms with van der Waals surface area (Å²) in [6, 6.07) is 11.7. The minimum absolute atomic E-state index is 0. The number of benzene rings is 2. The Hall–Kier alpha value is -2.07. The summed E-state index contributed by atoms with van der Waals surface area (Å²) in [5.74, 6) is -0.0493. The zero-order valence-electron chi connectivity index (χ0n) is 19.4. The monoisotopic (exact) mass is 586 g/mol. The van der Waals surface area contributed by atoms with Gasteiger partial charge in [0.1, 0.15) is 18.9 Å². The number of nitrogens with zero attached hydrogens (tertiary/aromatic N) is 1. The van der Waals surface area contributed by atoms with E-state index in [1.165, 1.54) is 49.8 Å². The smallest absolute Gasteiger partial charge is 0.416 e. The van der Waals surface area contributed by atoms with Crippen LogP contribution < -0.4 is 34.0 Å². The van der Waals surface area contributed by atoms with E-state index in [1.807, 2.05) is 24.3 Å². The van der Waals surface area contributed by atoms with Crippen LogP contribution >= 0.6 is 0 Å². The second-order valence-electron chi connectivity index (χ2n) is 9.59. The van der Waals surface area contributed by atoms with Crippen molar-refractivity contribution in [3.05, 3.63) is 64.7 Å². The van der Waals surface area contributed by atoms with Crippen LogP contribution in [0.2, 0.25) is 0 Å². The maximum Gasteiger partial charge on any atom is 0.416 e. The fourth-order valence-corrected chi connectivity index (χ4v) is 4.77. The third kappa shape index (κ3) is 6.33. The molecule has 2 aromatic carbocycles. The molecule has 0 unspecified atom stereocenters. The maximum atomic E-state index is 13.0. The van der Waals surface area contributed by atoms with Crippen LogP contribution in [0.3, 0.4) is 0 Å². The van der Waals surface area contributed by atoms with E-state index in [-0.39, 0.29) is 47.6 Å². The van der Waals surface area contributed by atoms with Gasteiger partial charge in [-0.1, -0.05) is 18.6 Å². The third-order valence-corrected chi connectivity index (χ3v) is 6.71. The van der Waals surface area contributed by atoms with E-state index in [0.29, 0.717) is 17.5 Å². The number of hydrogen-bond donors (Lipinski definition) is 1. The average molecular weight is 586 g/mol. The van der Waals surface area contributed by atoms with Gasteiger partial charge >= 0.3 is 6.18 Å². The highest BCUT2D eigenvalue weighted by molar-refractivity contribution is 6.07. The lowest BCUT2D eigenvalue weighted by Gasteiger charge is -2.40. The summed E-state index contributed by atoms with van der Waals surface area (Å²) >= 11 is 0. The zero-order chi connectivity index (χ0) is 23.6. The number of ether oxygens (including phenoxy) is 1. The minimum atomic E-state index is -4.45. The highest BCUT2D eigenvalue weighted by Gasteiger charge is 2.32. The van der Waals surface area contributed by atoms with Gasteiger partial charge in [-0.3, -0.25) is 4.79 Å². The second kappa shape index (κ2) is 10.7. The number of rotatable bonds is 5. The zero-order valence-corrected chi connectivity index (χ0v) is 21.6. The van der Waals surface area contributed by atoms with Gasteiger partial charge in [-0.2, -0.15) is 13.2 Å². The number of fused-ring (bicyclic) bond motifs is 1. The van der Waals surface area contributed by atoms with Crippen molar-refractivity contribution in [1.82, 2.24) is 0 Å². The van der Waals surface area contributed by atoms with Crippen LogP contribution in [0.5, 0.6) is 5.75 Å². The van der Waals surface area contributed by atoms with Gasteiger partial charge in [0.25, 0.3) is 5.91 Å². The molecule has 1 fully saturated rings. The molecule has 0 spiro atoms. The van der Waals surface area contributed by atoms with Crippen LogP contribution in [0.15, 0.2) is 48.0 Å². The van der Waals surface area contributed by atoms with Crippen LogP contribution in [-0.2, 0) is 17.5 Å². The van der Waals surface area contributed by atoms with E-state index in [2.05, 4.69) is 19.4 Å². The summed E-state index contributed by atoms with van der Waals surface area (Å²) in [4.78, 5) is 12.7. The molecule has 34 heavy (non-hydrogen) atoms. The summed E-state index contributed by atoms with van der Waals surface area (Å²) in [6.45, 7) is 0.936. The first-order valence-corrected chi connectivity index (χ1v) is 11.4. The highest BCUT2D eigenvalue weighted by atomic mass is 127. The van der Waals surface area contributed by atoms with Gasteiger partial charge in [-0.15, -0.1) is 0 Å². The van der Waals surface area contributed by atoms with Crippen molar-refractivity contribution >= 4 is 17.7 Å². The van der Waals surface area contributed by atoms with Gasteiger partial charge in [-0.05, 0) is 62.1 Å². The summed E-state index contributed by atoms with van der Waals surface area (Å²) in [5.41, 5.74) is 1.60. The molecule has 0 aromatic heterocycles. The Labute approximate surface area is 215 Å². The number of alkyl halides is 3. The average Bonchev–Trinajstić information content (AvgIpc) is 2.79. The fraction of sp³-hybridized carbons (Fsp3) is 0.423. The molecule has 8 heteroatoms. The Morgan fingerprint density at radius 3 is 2.38 bits per heavy atom. The topological polar surface area (TPSA) is 38.3 Å². The Kier molecular flexibility index (Phi) is 8.34. The van der Waals surface area contributed by atoms with Gasteiger partial charge in [0.2, 0.25) is 0 Å². The SMILES string of the molecule is C[N+](C)(Cc1ccc(NC(=O)C2=Cc3cc(C(F)(F)F)ccc3OC2)cc1)C1CCCCC1.[I-]. The first-order valence-electron chi connectivity index (χ1n) is 11.4. The molecule has 1 heterocycles. The number of carbonyl (C=O) groups is 1. The lowest BCUT2D eigenvalue weighted by molar-refractivity contribution is -0.929. The Morgan fingerprint density at radius 1 is 1.06 bits per heavy atom. The molecule has 0 saturated heterocycles. The van der Waals surface area contributed by atoms with Gasteiger partial charge in [0.15, 0.2) is 0 Å². The molecule has 4 rings (SSSR count). The first-order chi connectivity index (χ1) is 15.6. The van der Waals surface area contributed by atoms with Crippen molar-refractivity contribution in [1.29, 1.82) is 0 Å². The summed E-state index contributed by atoms with van der Waals surface area (Å²) in [7, 11) is 4.56. The van der Waals surface area contributed by atoms with E-state index >= 15 is 0 Å².